The van der Waals surface area contributed by atoms with Crippen LogP contribution in [-0.4, -0.2) is 6.04 Å². The molecule has 0 saturated heterocycles. The quantitative estimate of drug-likeness (QED) is 0.409. The number of hydrogen-bond donors (Lipinski definition) is 2. The lowest BCUT2D eigenvalue weighted by Gasteiger charge is -2.08. The van der Waals surface area contributed by atoms with E-state index in [2.05, 4.69) is 11.3 Å². The Labute approximate surface area is 76.9 Å². The lowest BCUT2D eigenvalue weighted by molar-refractivity contribution is 0.619. The van der Waals surface area contributed by atoms with Gasteiger partial charge in [0, 0.05) is 6.42 Å². The van der Waals surface area contributed by atoms with Crippen molar-refractivity contribution in [3.63, 3.8) is 0 Å². The molecule has 2 nitrogen and oxygen atoms in total. The molecule has 0 aliphatic rings. The molecule has 0 aromatic heterocycles. The highest BCUT2D eigenvalue weighted by Crippen LogP contribution is 2.04. The normalized spacial score (nSPS) is 12.1. The van der Waals surface area contributed by atoms with Gasteiger partial charge in [0.1, 0.15) is 5.82 Å². The van der Waals surface area contributed by atoms with E-state index in [1.807, 2.05) is 0 Å². The molecule has 0 heterocycles. The zero-order valence-electron chi connectivity index (χ0n) is 7.13. The molecule has 0 fully saturated rings. The van der Waals surface area contributed by atoms with Gasteiger partial charge in [-0.25, -0.2) is 9.82 Å². The lowest BCUT2D eigenvalue weighted by Crippen LogP contribution is -2.35. The summed E-state index contributed by atoms with van der Waals surface area (Å²) in [4.78, 5) is 0. The van der Waals surface area contributed by atoms with Crippen LogP contribution in [0.3, 0.4) is 0 Å². The van der Waals surface area contributed by atoms with Crippen molar-refractivity contribution in [2.75, 3.05) is 0 Å². The molecule has 0 bridgehead atoms. The van der Waals surface area contributed by atoms with Crippen LogP contribution < -0.4 is 11.3 Å². The average molecular weight is 178 g/mol. The van der Waals surface area contributed by atoms with E-state index in [9.17, 15) is 4.39 Å². The van der Waals surface area contributed by atoms with Crippen molar-refractivity contribution in [3.05, 3.63) is 35.6 Å². The summed E-state index contributed by atoms with van der Waals surface area (Å²) in [7, 11) is 0. The Morgan fingerprint density at radius 3 is 2.54 bits per heavy atom. The largest absolute Gasteiger partial charge is 0.270 e. The van der Waals surface area contributed by atoms with Crippen LogP contribution in [0.2, 0.25) is 0 Å². The minimum atomic E-state index is -0.248. The zero-order valence-corrected chi connectivity index (χ0v) is 7.13. The highest BCUT2D eigenvalue weighted by Gasteiger charge is 2.02. The predicted molar refractivity (Wildman–Crippen MR) is 50.0 cm³/mol. The van der Waals surface area contributed by atoms with Crippen LogP contribution in [-0.2, 0) is 6.42 Å². The van der Waals surface area contributed by atoms with E-state index in [1.54, 1.807) is 12.1 Å². The van der Waals surface area contributed by atoms with Gasteiger partial charge in [-0.3, -0.25) is 5.84 Å². The Hall–Kier alpha value is -1.37. The molecule has 1 aromatic carbocycles. The third kappa shape index (κ3) is 2.86. The minimum Gasteiger partial charge on any atom is -0.270 e. The summed E-state index contributed by atoms with van der Waals surface area (Å²) in [6, 6.07) is 5.98. The molecular weight excluding hydrogens is 167 g/mol. The number of halogens is 1. The van der Waals surface area contributed by atoms with Crippen molar-refractivity contribution in [2.24, 2.45) is 5.84 Å². The number of hydrogen-bond acceptors (Lipinski definition) is 2. The van der Waals surface area contributed by atoms with E-state index in [1.165, 1.54) is 12.1 Å². The maximum absolute atomic E-state index is 12.5. The second-order valence-electron chi connectivity index (χ2n) is 2.72. The summed E-state index contributed by atoms with van der Waals surface area (Å²) in [6.07, 6.45) is 5.80. The van der Waals surface area contributed by atoms with E-state index in [0.29, 0.717) is 6.42 Å². The third-order valence-electron chi connectivity index (χ3n) is 1.76. The van der Waals surface area contributed by atoms with Crippen molar-refractivity contribution in [2.45, 2.75) is 12.5 Å². The zero-order chi connectivity index (χ0) is 9.68. The van der Waals surface area contributed by atoms with Gasteiger partial charge in [0.25, 0.3) is 0 Å². The molecule has 0 amide bonds. The molecule has 1 atom stereocenters. The summed E-state index contributed by atoms with van der Waals surface area (Å²) >= 11 is 0. The summed E-state index contributed by atoms with van der Waals surface area (Å²) in [6.45, 7) is 0. The fraction of sp³-hybridized carbons (Fsp3) is 0.200. The number of benzene rings is 1. The van der Waals surface area contributed by atoms with Crippen molar-refractivity contribution in [3.8, 4) is 12.3 Å². The first-order valence-corrected chi connectivity index (χ1v) is 3.93. The van der Waals surface area contributed by atoms with E-state index < -0.39 is 0 Å². The van der Waals surface area contributed by atoms with Crippen molar-refractivity contribution in [1.82, 2.24) is 5.43 Å². The van der Waals surface area contributed by atoms with Gasteiger partial charge in [-0.05, 0) is 17.7 Å². The van der Waals surface area contributed by atoms with Crippen LogP contribution in [0, 0.1) is 18.2 Å². The molecule has 0 saturated carbocycles. The average Bonchev–Trinajstić information content (AvgIpc) is 2.17. The van der Waals surface area contributed by atoms with E-state index >= 15 is 0 Å². The van der Waals surface area contributed by atoms with Crippen LogP contribution in [0.15, 0.2) is 24.3 Å². The Bertz CT molecular complexity index is 300. The smallest absolute Gasteiger partial charge is 0.123 e. The number of hydrazine groups is 1. The van der Waals surface area contributed by atoms with E-state index in [-0.39, 0.29) is 11.9 Å². The molecule has 0 aliphatic carbocycles. The molecule has 68 valence electrons. The number of nitrogens with two attached hydrogens (primary N) is 1. The molecule has 3 N–H and O–H groups in total. The topological polar surface area (TPSA) is 38.0 Å². The van der Waals surface area contributed by atoms with Crippen LogP contribution in [0.1, 0.15) is 5.56 Å². The monoisotopic (exact) mass is 178 g/mol. The van der Waals surface area contributed by atoms with Crippen LogP contribution in [0.5, 0.6) is 0 Å². The molecule has 13 heavy (non-hydrogen) atoms. The fourth-order valence-electron chi connectivity index (χ4n) is 1.02. The summed E-state index contributed by atoms with van der Waals surface area (Å²) in [5.41, 5.74) is 3.45. The second kappa shape index (κ2) is 4.61. The summed E-state index contributed by atoms with van der Waals surface area (Å²) < 4.78 is 12.5. The fourth-order valence-corrected chi connectivity index (χ4v) is 1.02. The van der Waals surface area contributed by atoms with Gasteiger partial charge in [-0.2, -0.15) is 0 Å². The molecular formula is C10H11FN2. The molecule has 0 spiro atoms. The van der Waals surface area contributed by atoms with Crippen LogP contribution in [0.4, 0.5) is 4.39 Å². The number of rotatable bonds is 3. The Kier molecular flexibility index (Phi) is 3.44. The number of nitrogens with one attached hydrogen (secondary N) is 1. The minimum absolute atomic E-state index is 0.203. The van der Waals surface area contributed by atoms with Crippen molar-refractivity contribution < 1.29 is 4.39 Å². The molecule has 1 aromatic rings. The predicted octanol–water partition coefficient (Wildman–Crippen LogP) is 0.833. The first-order valence-electron chi connectivity index (χ1n) is 3.93. The third-order valence-corrected chi connectivity index (χ3v) is 1.76. The van der Waals surface area contributed by atoms with Gasteiger partial charge >= 0.3 is 0 Å². The molecule has 0 aliphatic heterocycles. The summed E-state index contributed by atoms with van der Waals surface area (Å²) in [5.74, 6) is 7.43. The highest BCUT2D eigenvalue weighted by molar-refractivity contribution is 5.19. The van der Waals surface area contributed by atoms with Gasteiger partial charge in [0.05, 0.1) is 6.04 Å². The summed E-state index contributed by atoms with van der Waals surface area (Å²) in [5, 5.41) is 0. The maximum atomic E-state index is 12.5. The first kappa shape index (κ1) is 9.72. The molecule has 1 rings (SSSR count). The Balaban J connectivity index is 2.64. The van der Waals surface area contributed by atoms with Gasteiger partial charge in [-0.15, -0.1) is 6.42 Å². The van der Waals surface area contributed by atoms with Crippen molar-refractivity contribution in [1.29, 1.82) is 0 Å². The maximum Gasteiger partial charge on any atom is 0.123 e. The number of terminal acetylenes is 1. The Morgan fingerprint density at radius 1 is 1.46 bits per heavy atom. The standard InChI is InChI=1S/C10H11FN2/c1-2-10(13-12)7-8-3-5-9(11)6-4-8/h1,3-6,10,13H,7,12H2. The molecule has 3 heteroatoms. The highest BCUT2D eigenvalue weighted by atomic mass is 19.1. The lowest BCUT2D eigenvalue weighted by atomic mass is 10.1. The van der Waals surface area contributed by atoms with E-state index in [0.717, 1.165) is 5.56 Å². The first-order chi connectivity index (χ1) is 6.26. The van der Waals surface area contributed by atoms with Gasteiger partial charge in [-0.1, -0.05) is 18.1 Å². The van der Waals surface area contributed by atoms with Gasteiger partial charge < -0.3 is 0 Å². The van der Waals surface area contributed by atoms with Gasteiger partial charge in [0.2, 0.25) is 0 Å². The van der Waals surface area contributed by atoms with Gasteiger partial charge in [0.15, 0.2) is 0 Å². The second-order valence-corrected chi connectivity index (χ2v) is 2.72. The SMILES string of the molecule is C#CC(Cc1ccc(F)cc1)NN. The molecule has 0 radical (unpaired) electrons. The van der Waals surface area contributed by atoms with E-state index in [4.69, 9.17) is 12.3 Å². The Morgan fingerprint density at radius 2 is 2.08 bits per heavy atom. The molecule has 1 unspecified atom stereocenters. The van der Waals surface area contributed by atoms with Crippen LogP contribution >= 0.6 is 0 Å². The van der Waals surface area contributed by atoms with Crippen LogP contribution in [0.25, 0.3) is 0 Å². The van der Waals surface area contributed by atoms with Crippen molar-refractivity contribution >= 4 is 0 Å².